The van der Waals surface area contributed by atoms with E-state index in [4.69, 9.17) is 0 Å². The van der Waals surface area contributed by atoms with Crippen LogP contribution in [0.15, 0.2) is 68.1 Å². The van der Waals surface area contributed by atoms with Crippen LogP contribution in [0.4, 0.5) is 0 Å². The fourth-order valence-corrected chi connectivity index (χ4v) is 18.5. The van der Waals surface area contributed by atoms with E-state index in [1.54, 1.807) is 27.7 Å². The van der Waals surface area contributed by atoms with Gasteiger partial charge < -0.3 is 0 Å². The van der Waals surface area contributed by atoms with Crippen LogP contribution >= 0.6 is 0 Å². The highest BCUT2D eigenvalue weighted by Crippen LogP contribution is 2.31. The number of sulfonamides is 4. The molecule has 0 fully saturated rings. The van der Waals surface area contributed by atoms with Crippen LogP contribution in [0.2, 0.25) is 0 Å². The van der Waals surface area contributed by atoms with Crippen LogP contribution in [0.25, 0.3) is 0 Å². The number of nitrogens with zero attached hydrogens (tertiary/aromatic N) is 4. The molecular weight excluding hydrogens is 961 g/mol. The summed E-state index contributed by atoms with van der Waals surface area (Å²) in [6, 6.07) is 14.3. The van der Waals surface area contributed by atoms with Crippen LogP contribution in [-0.2, 0) is 40.1 Å². The fraction of sp³-hybridized carbons (Fsp3) is 0.556. The molecule has 0 unspecified atom stereocenters. The van der Waals surface area contributed by atoms with E-state index in [1.165, 1.54) is 17.2 Å². The summed E-state index contributed by atoms with van der Waals surface area (Å²) in [5, 5.41) is 0. The first-order valence-electron chi connectivity index (χ1n) is 24.7. The molecule has 0 aliphatic heterocycles. The van der Waals surface area contributed by atoms with Gasteiger partial charge in [-0.25, -0.2) is 33.7 Å². The molecule has 0 saturated carbocycles. The average molecular weight is 1040 g/mol. The summed E-state index contributed by atoms with van der Waals surface area (Å²) in [5.41, 5.74) is 9.16. The maximum absolute atomic E-state index is 14.7. The number of rotatable bonds is 25. The van der Waals surface area contributed by atoms with Crippen molar-refractivity contribution in [3.05, 3.63) is 115 Å². The zero-order chi connectivity index (χ0) is 52.8. The second kappa shape index (κ2) is 24.0. The highest BCUT2D eigenvalue weighted by molar-refractivity contribution is 7.90. The van der Waals surface area contributed by atoms with Gasteiger partial charge in [-0.15, -0.1) is 0 Å². The van der Waals surface area contributed by atoms with Gasteiger partial charge in [0, 0.05) is 51.4 Å². The highest BCUT2D eigenvalue weighted by atomic mass is 32.2. The van der Waals surface area contributed by atoms with Crippen LogP contribution in [0.5, 0.6) is 0 Å². The third-order valence-corrected chi connectivity index (χ3v) is 22.2. The van der Waals surface area contributed by atoms with Gasteiger partial charge in [-0.2, -0.15) is 17.2 Å². The van der Waals surface area contributed by atoms with Crippen LogP contribution in [0, 0.1) is 83.1 Å². The Balaban J connectivity index is 1.59. The molecular formula is C54H82N4O8S4. The summed E-state index contributed by atoms with van der Waals surface area (Å²) in [7, 11) is -15.8. The van der Waals surface area contributed by atoms with Gasteiger partial charge in [-0.3, -0.25) is 0 Å². The normalized spacial score (nSPS) is 13.1. The lowest BCUT2D eigenvalue weighted by molar-refractivity contribution is 0.323. The molecule has 70 heavy (non-hydrogen) atoms. The van der Waals surface area contributed by atoms with E-state index in [-0.39, 0.29) is 61.1 Å². The molecule has 0 atom stereocenters. The van der Waals surface area contributed by atoms with E-state index in [1.807, 2.05) is 132 Å². The molecule has 0 heterocycles. The largest absolute Gasteiger partial charge is 0.243 e. The maximum atomic E-state index is 14.7. The summed E-state index contributed by atoms with van der Waals surface area (Å²) < 4.78 is 121. The second-order valence-corrected chi connectivity index (χ2v) is 27.7. The molecule has 0 bridgehead atoms. The number of benzene rings is 4. The molecule has 16 heteroatoms. The summed E-state index contributed by atoms with van der Waals surface area (Å²) >= 11 is 0. The van der Waals surface area contributed by atoms with Crippen molar-refractivity contribution in [3.8, 4) is 0 Å². The molecule has 4 aromatic rings. The first kappa shape index (κ1) is 59.1. The minimum Gasteiger partial charge on any atom is -0.207 e. The third-order valence-electron chi connectivity index (χ3n) is 13.0. The Hall–Kier alpha value is -3.48. The average Bonchev–Trinajstić information content (AvgIpc) is 3.17. The molecule has 12 nitrogen and oxygen atoms in total. The molecule has 0 aliphatic rings. The lowest BCUT2D eigenvalue weighted by atomic mass is 10.1. The van der Waals surface area contributed by atoms with Crippen LogP contribution < -0.4 is 0 Å². The molecule has 0 aromatic heterocycles. The van der Waals surface area contributed by atoms with Crippen LogP contribution in [-0.4, -0.2) is 102 Å². The molecule has 0 radical (unpaired) electrons. The Kier molecular flexibility index (Phi) is 20.3. The van der Waals surface area contributed by atoms with E-state index in [0.29, 0.717) is 92.8 Å². The van der Waals surface area contributed by atoms with Gasteiger partial charge in [-0.05, 0) is 194 Å². The maximum Gasteiger partial charge on any atom is 0.243 e. The molecule has 0 spiro atoms. The van der Waals surface area contributed by atoms with Crippen molar-refractivity contribution in [2.24, 2.45) is 0 Å². The Bertz CT molecular complexity index is 2670. The standard InChI is InChI=1S/C54H82N4O8S4/c1-37(2)57(69(63,64)53-47(13)33-41(7)34-48(53)14)27-21-19-25-55(67(59,60)51-43(9)29-39(5)30-44(51)10)23-17-18-24-56(68(61,62)52-45(11)31-40(6)32-46(52)12)26-20-22-28-58(38(3)4)70(65,66)54-49(15)35-42(8)36-50(54)16/h29-38H,17-28H2,1-16H3. The highest BCUT2D eigenvalue weighted by Gasteiger charge is 2.34. The van der Waals surface area contributed by atoms with E-state index in [2.05, 4.69) is 0 Å². The Morgan fingerprint density at radius 2 is 0.471 bits per heavy atom. The first-order chi connectivity index (χ1) is 32.4. The lowest BCUT2D eigenvalue weighted by Crippen LogP contribution is -2.39. The van der Waals surface area contributed by atoms with Gasteiger partial charge in [0.25, 0.3) is 0 Å². The van der Waals surface area contributed by atoms with Crippen molar-refractivity contribution in [1.82, 2.24) is 17.2 Å². The minimum absolute atomic E-state index is 0.124. The third kappa shape index (κ3) is 13.8. The van der Waals surface area contributed by atoms with E-state index in [9.17, 15) is 33.7 Å². The quantitative estimate of drug-likeness (QED) is 0.0596. The Morgan fingerprint density at radius 3 is 0.657 bits per heavy atom. The van der Waals surface area contributed by atoms with Crippen molar-refractivity contribution in [1.29, 1.82) is 0 Å². The van der Waals surface area contributed by atoms with Crippen LogP contribution in [0.1, 0.15) is 133 Å². The van der Waals surface area contributed by atoms with Crippen molar-refractivity contribution < 1.29 is 33.7 Å². The first-order valence-corrected chi connectivity index (χ1v) is 30.5. The van der Waals surface area contributed by atoms with Crippen molar-refractivity contribution >= 4 is 40.1 Å². The summed E-state index contributed by atoms with van der Waals surface area (Å²) in [4.78, 5) is 1.10. The summed E-state index contributed by atoms with van der Waals surface area (Å²) in [6.45, 7) is 30.5. The molecule has 4 aromatic carbocycles. The predicted octanol–water partition coefficient (Wildman–Crippen LogP) is 10.6. The van der Waals surface area contributed by atoms with Gasteiger partial charge in [0.2, 0.25) is 40.1 Å². The summed E-state index contributed by atoms with van der Waals surface area (Å²) in [5.74, 6) is 0. The van der Waals surface area contributed by atoms with Crippen molar-refractivity contribution in [3.63, 3.8) is 0 Å². The van der Waals surface area contributed by atoms with Gasteiger partial charge in [0.1, 0.15) is 0 Å². The molecule has 0 aliphatic carbocycles. The molecule has 0 N–H and O–H groups in total. The van der Waals surface area contributed by atoms with Gasteiger partial charge in [-0.1, -0.05) is 70.8 Å². The number of unbranched alkanes of at least 4 members (excludes halogenated alkanes) is 3. The van der Waals surface area contributed by atoms with Gasteiger partial charge in [0.05, 0.1) is 19.6 Å². The van der Waals surface area contributed by atoms with E-state index >= 15 is 0 Å². The smallest absolute Gasteiger partial charge is 0.207 e. The molecule has 0 amide bonds. The van der Waals surface area contributed by atoms with Crippen molar-refractivity contribution in [2.45, 2.75) is 181 Å². The second-order valence-electron chi connectivity index (χ2n) is 20.3. The Morgan fingerprint density at radius 1 is 0.300 bits per heavy atom. The van der Waals surface area contributed by atoms with Crippen LogP contribution in [0.3, 0.4) is 0 Å². The zero-order valence-corrected chi connectivity index (χ0v) is 48.2. The number of aryl methyl sites for hydroxylation is 12. The number of hydrogen-bond donors (Lipinski definition) is 0. The number of hydrogen-bond acceptors (Lipinski definition) is 8. The van der Waals surface area contributed by atoms with Gasteiger partial charge in [0.15, 0.2) is 0 Å². The topological polar surface area (TPSA) is 150 Å². The van der Waals surface area contributed by atoms with Gasteiger partial charge >= 0.3 is 0 Å². The predicted molar refractivity (Wildman–Crippen MR) is 286 cm³/mol. The van der Waals surface area contributed by atoms with Crippen molar-refractivity contribution in [2.75, 3.05) is 39.3 Å². The van der Waals surface area contributed by atoms with E-state index < -0.39 is 40.1 Å². The lowest BCUT2D eigenvalue weighted by Gasteiger charge is -2.29. The minimum atomic E-state index is -4.03. The molecule has 0 saturated heterocycles. The van der Waals surface area contributed by atoms with E-state index in [0.717, 1.165) is 22.3 Å². The fourth-order valence-electron chi connectivity index (χ4n) is 10.5. The monoisotopic (exact) mass is 1040 g/mol. The Labute approximate surface area is 424 Å². The molecule has 390 valence electrons. The zero-order valence-electron chi connectivity index (χ0n) is 44.9. The molecule has 4 rings (SSSR count). The summed E-state index contributed by atoms with van der Waals surface area (Å²) in [6.07, 6.45) is 2.34. The SMILES string of the molecule is Cc1cc(C)c(S(=O)(=O)N(CCCCN(CCCCN(C(C)C)S(=O)(=O)c2c(C)cc(C)cc2C)S(=O)(=O)c2c(C)cc(C)cc2C)CCCCN(C(C)C)S(=O)(=O)c2c(C)cc(C)cc2C)c(C)c1.